The van der Waals surface area contributed by atoms with Crippen LogP contribution in [0.4, 0.5) is 5.69 Å². The summed E-state index contributed by atoms with van der Waals surface area (Å²) in [7, 11) is -3.39. The first-order valence-corrected chi connectivity index (χ1v) is 10.6. The SMILES string of the molecule is CCS(=O)(=O)Nc1cccc(C(=O)NCc2ccn(Cc3ccccc3)n2)c1. The van der Waals surface area contributed by atoms with Gasteiger partial charge in [0.15, 0.2) is 0 Å². The molecule has 0 bridgehead atoms. The zero-order valence-corrected chi connectivity index (χ0v) is 16.3. The van der Waals surface area contributed by atoms with Crippen molar-refractivity contribution in [1.29, 1.82) is 0 Å². The Bertz CT molecular complexity index is 1050. The third-order valence-corrected chi connectivity index (χ3v) is 5.40. The van der Waals surface area contributed by atoms with Crippen molar-refractivity contribution in [2.75, 3.05) is 10.5 Å². The fourth-order valence-corrected chi connectivity index (χ4v) is 3.24. The third-order valence-electron chi connectivity index (χ3n) is 4.09. The van der Waals surface area contributed by atoms with E-state index in [9.17, 15) is 13.2 Å². The van der Waals surface area contributed by atoms with Crippen molar-refractivity contribution >= 4 is 21.6 Å². The van der Waals surface area contributed by atoms with Gasteiger partial charge < -0.3 is 5.32 Å². The maximum atomic E-state index is 12.4. The van der Waals surface area contributed by atoms with Crippen molar-refractivity contribution in [3.63, 3.8) is 0 Å². The number of amides is 1. The van der Waals surface area contributed by atoms with Crippen LogP contribution in [0.25, 0.3) is 0 Å². The molecule has 1 amide bonds. The molecule has 146 valence electrons. The highest BCUT2D eigenvalue weighted by molar-refractivity contribution is 7.92. The highest BCUT2D eigenvalue weighted by Gasteiger charge is 2.10. The molecule has 2 aromatic carbocycles. The average Bonchev–Trinajstić information content (AvgIpc) is 3.14. The van der Waals surface area contributed by atoms with Gasteiger partial charge in [-0.3, -0.25) is 14.2 Å². The number of sulfonamides is 1. The van der Waals surface area contributed by atoms with Crippen LogP contribution in [0.5, 0.6) is 0 Å². The minimum absolute atomic E-state index is 0.0327. The van der Waals surface area contributed by atoms with Crippen LogP contribution < -0.4 is 10.0 Å². The standard InChI is InChI=1S/C20H22N4O3S/c1-2-28(26,27)23-18-10-6-9-17(13-18)20(25)21-14-19-11-12-24(22-19)15-16-7-4-3-5-8-16/h3-13,23H,2,14-15H2,1H3,(H,21,25). The van der Waals surface area contributed by atoms with Gasteiger partial charge in [-0.25, -0.2) is 8.42 Å². The molecule has 0 atom stereocenters. The van der Waals surface area contributed by atoms with Crippen molar-refractivity contribution in [3.8, 4) is 0 Å². The van der Waals surface area contributed by atoms with Gasteiger partial charge in [-0.2, -0.15) is 5.10 Å². The highest BCUT2D eigenvalue weighted by atomic mass is 32.2. The zero-order valence-electron chi connectivity index (χ0n) is 15.5. The summed E-state index contributed by atoms with van der Waals surface area (Å²) in [5.74, 6) is -0.329. The Morgan fingerprint density at radius 1 is 1.07 bits per heavy atom. The maximum absolute atomic E-state index is 12.4. The van der Waals surface area contributed by atoms with Gasteiger partial charge >= 0.3 is 0 Å². The van der Waals surface area contributed by atoms with E-state index in [1.54, 1.807) is 25.1 Å². The van der Waals surface area contributed by atoms with Crippen molar-refractivity contribution in [2.24, 2.45) is 0 Å². The van der Waals surface area contributed by atoms with Crippen molar-refractivity contribution in [3.05, 3.63) is 83.7 Å². The maximum Gasteiger partial charge on any atom is 0.251 e. The molecule has 0 spiro atoms. The number of rotatable bonds is 8. The normalized spacial score (nSPS) is 11.2. The summed E-state index contributed by atoms with van der Waals surface area (Å²) in [6.07, 6.45) is 1.87. The Labute approximate surface area is 164 Å². The molecule has 3 aromatic rings. The van der Waals surface area contributed by atoms with Crippen LogP contribution >= 0.6 is 0 Å². The molecule has 0 unspecified atom stereocenters. The van der Waals surface area contributed by atoms with Crippen LogP contribution in [0.3, 0.4) is 0 Å². The predicted octanol–water partition coefficient (Wildman–Crippen LogP) is 2.62. The summed E-state index contributed by atoms with van der Waals surface area (Å²) in [4.78, 5) is 12.4. The van der Waals surface area contributed by atoms with E-state index in [-0.39, 0.29) is 18.2 Å². The molecule has 28 heavy (non-hydrogen) atoms. The summed E-state index contributed by atoms with van der Waals surface area (Å²) >= 11 is 0. The average molecular weight is 398 g/mol. The lowest BCUT2D eigenvalue weighted by Crippen LogP contribution is -2.23. The zero-order chi connectivity index (χ0) is 20.0. The van der Waals surface area contributed by atoms with Crippen LogP contribution in [0.2, 0.25) is 0 Å². The van der Waals surface area contributed by atoms with E-state index in [1.165, 1.54) is 6.07 Å². The van der Waals surface area contributed by atoms with Crippen molar-refractivity contribution in [2.45, 2.75) is 20.0 Å². The molecule has 7 nitrogen and oxygen atoms in total. The number of carbonyl (C=O) groups excluding carboxylic acids is 1. The molecule has 1 heterocycles. The van der Waals surface area contributed by atoms with E-state index < -0.39 is 10.0 Å². The quantitative estimate of drug-likeness (QED) is 0.610. The lowest BCUT2D eigenvalue weighted by molar-refractivity contribution is 0.0950. The van der Waals surface area contributed by atoms with Crippen molar-refractivity contribution in [1.82, 2.24) is 15.1 Å². The molecule has 0 saturated carbocycles. The Morgan fingerprint density at radius 2 is 1.86 bits per heavy atom. The summed E-state index contributed by atoms with van der Waals surface area (Å²) in [5.41, 5.74) is 2.63. The fourth-order valence-electron chi connectivity index (χ4n) is 2.61. The number of hydrogen-bond donors (Lipinski definition) is 2. The van der Waals surface area contributed by atoms with Gasteiger partial charge in [-0.1, -0.05) is 36.4 Å². The molecule has 0 aliphatic rings. The number of nitrogens with one attached hydrogen (secondary N) is 2. The molecule has 8 heteroatoms. The van der Waals surface area contributed by atoms with E-state index in [1.807, 2.05) is 47.3 Å². The molecule has 0 saturated heterocycles. The summed E-state index contributed by atoms with van der Waals surface area (Å²) < 4.78 is 27.6. The van der Waals surface area contributed by atoms with E-state index in [0.29, 0.717) is 17.8 Å². The second-order valence-electron chi connectivity index (χ2n) is 6.26. The number of benzene rings is 2. The first-order valence-electron chi connectivity index (χ1n) is 8.90. The van der Waals surface area contributed by atoms with Gasteiger partial charge in [0, 0.05) is 17.4 Å². The van der Waals surface area contributed by atoms with Gasteiger partial charge in [-0.15, -0.1) is 0 Å². The van der Waals surface area contributed by atoms with Gasteiger partial charge in [-0.05, 0) is 36.8 Å². The van der Waals surface area contributed by atoms with E-state index in [2.05, 4.69) is 15.1 Å². The number of hydrogen-bond acceptors (Lipinski definition) is 4. The Balaban J connectivity index is 1.59. The third kappa shape index (κ3) is 5.43. The van der Waals surface area contributed by atoms with Crippen LogP contribution in [0.1, 0.15) is 28.5 Å². The van der Waals surface area contributed by atoms with Gasteiger partial charge in [0.1, 0.15) is 0 Å². The smallest absolute Gasteiger partial charge is 0.251 e. The van der Waals surface area contributed by atoms with E-state index in [4.69, 9.17) is 0 Å². The topological polar surface area (TPSA) is 93.1 Å². The largest absolute Gasteiger partial charge is 0.346 e. The molecular formula is C20H22N4O3S. The number of nitrogens with zero attached hydrogens (tertiary/aromatic N) is 2. The highest BCUT2D eigenvalue weighted by Crippen LogP contribution is 2.13. The van der Waals surface area contributed by atoms with Gasteiger partial charge in [0.25, 0.3) is 5.91 Å². The molecular weight excluding hydrogens is 376 g/mol. The summed E-state index contributed by atoms with van der Waals surface area (Å²) in [5, 5.41) is 7.26. The Kier molecular flexibility index (Phi) is 6.10. The molecule has 0 radical (unpaired) electrons. The molecule has 0 fully saturated rings. The number of carbonyl (C=O) groups is 1. The minimum Gasteiger partial charge on any atom is -0.346 e. The predicted molar refractivity (Wildman–Crippen MR) is 108 cm³/mol. The summed E-state index contributed by atoms with van der Waals surface area (Å²) in [6, 6.07) is 18.2. The second-order valence-corrected chi connectivity index (χ2v) is 8.27. The second kappa shape index (κ2) is 8.71. The van der Waals surface area contributed by atoms with E-state index in [0.717, 1.165) is 11.3 Å². The van der Waals surface area contributed by atoms with Crippen LogP contribution in [-0.4, -0.2) is 29.9 Å². The Hall–Kier alpha value is -3.13. The fraction of sp³-hybridized carbons (Fsp3) is 0.200. The first-order chi connectivity index (χ1) is 13.4. The number of anilines is 1. The van der Waals surface area contributed by atoms with Crippen LogP contribution in [0, 0.1) is 0 Å². The molecule has 1 aromatic heterocycles. The Morgan fingerprint density at radius 3 is 2.61 bits per heavy atom. The summed E-state index contributed by atoms with van der Waals surface area (Å²) in [6.45, 7) is 2.50. The number of aromatic nitrogens is 2. The first kappa shape index (κ1) is 19.6. The van der Waals surface area contributed by atoms with Crippen LogP contribution in [0.15, 0.2) is 66.9 Å². The van der Waals surface area contributed by atoms with E-state index >= 15 is 0 Å². The van der Waals surface area contributed by atoms with Gasteiger partial charge in [0.2, 0.25) is 10.0 Å². The molecule has 0 aliphatic heterocycles. The van der Waals surface area contributed by atoms with Crippen molar-refractivity contribution < 1.29 is 13.2 Å². The molecule has 0 aliphatic carbocycles. The van der Waals surface area contributed by atoms with Gasteiger partial charge in [0.05, 0.1) is 24.5 Å². The molecule has 3 rings (SSSR count). The minimum atomic E-state index is -3.39. The monoisotopic (exact) mass is 398 g/mol. The molecule has 2 N–H and O–H groups in total. The van der Waals surface area contributed by atoms with Crippen LogP contribution in [-0.2, 0) is 23.1 Å². The lowest BCUT2D eigenvalue weighted by atomic mass is 10.2. The lowest BCUT2D eigenvalue weighted by Gasteiger charge is -2.08.